The Kier molecular flexibility index (Phi) is 5.25. The van der Waals surface area contributed by atoms with Crippen molar-refractivity contribution in [3.63, 3.8) is 0 Å². The molecule has 1 aromatic rings. The molecule has 0 fully saturated rings. The summed E-state index contributed by atoms with van der Waals surface area (Å²) in [5.41, 5.74) is 0. The molecule has 0 aliphatic carbocycles. The third kappa shape index (κ3) is 4.50. The molecular formula is C10H13N3O4S. The van der Waals surface area contributed by atoms with Crippen LogP contribution in [0.2, 0.25) is 0 Å². The molecule has 0 spiro atoms. The molecule has 98 valence electrons. The Morgan fingerprint density at radius 3 is 2.83 bits per heavy atom. The van der Waals surface area contributed by atoms with E-state index in [-0.39, 0.29) is 13.0 Å². The number of ether oxygens (including phenoxy) is 1. The summed E-state index contributed by atoms with van der Waals surface area (Å²) < 4.78 is 4.65. The van der Waals surface area contributed by atoms with Crippen molar-refractivity contribution in [2.24, 2.45) is 0 Å². The molecule has 1 atom stereocenters. The van der Waals surface area contributed by atoms with Gasteiger partial charge in [-0.2, -0.15) is 0 Å². The van der Waals surface area contributed by atoms with Gasteiger partial charge in [-0.3, -0.25) is 0 Å². The van der Waals surface area contributed by atoms with Gasteiger partial charge in [0.1, 0.15) is 22.7 Å². The molecule has 1 unspecified atom stereocenters. The van der Waals surface area contributed by atoms with Gasteiger partial charge in [-0.1, -0.05) is 12.7 Å². The highest BCUT2D eigenvalue weighted by Gasteiger charge is 2.22. The zero-order valence-corrected chi connectivity index (χ0v) is 10.6. The SMILES string of the molecule is C=CCOC(=O)NC(Cc1nnc(C)s1)C(=O)O. The molecular weight excluding hydrogens is 258 g/mol. The molecule has 7 nitrogen and oxygen atoms in total. The van der Waals surface area contributed by atoms with Crippen LogP contribution in [0.1, 0.15) is 10.0 Å². The summed E-state index contributed by atoms with van der Waals surface area (Å²) in [6, 6.07) is -1.09. The number of aryl methyl sites for hydroxylation is 1. The molecule has 0 aliphatic heterocycles. The number of aromatic nitrogens is 2. The van der Waals surface area contributed by atoms with Gasteiger partial charge in [0.15, 0.2) is 0 Å². The highest BCUT2D eigenvalue weighted by atomic mass is 32.1. The number of carbonyl (C=O) groups excluding carboxylic acids is 1. The number of carboxylic acid groups (broad SMARTS) is 1. The van der Waals surface area contributed by atoms with Crippen molar-refractivity contribution in [3.8, 4) is 0 Å². The predicted molar refractivity (Wildman–Crippen MR) is 64.5 cm³/mol. The van der Waals surface area contributed by atoms with E-state index in [1.54, 1.807) is 6.92 Å². The van der Waals surface area contributed by atoms with Crippen molar-refractivity contribution >= 4 is 23.4 Å². The Morgan fingerprint density at radius 1 is 1.61 bits per heavy atom. The van der Waals surface area contributed by atoms with E-state index in [0.29, 0.717) is 5.01 Å². The summed E-state index contributed by atoms with van der Waals surface area (Å²) in [5, 5.41) is 20.1. The van der Waals surface area contributed by atoms with Crippen LogP contribution in [0.15, 0.2) is 12.7 Å². The Morgan fingerprint density at radius 2 is 2.33 bits per heavy atom. The van der Waals surface area contributed by atoms with Gasteiger partial charge in [0.05, 0.1) is 0 Å². The molecule has 18 heavy (non-hydrogen) atoms. The van der Waals surface area contributed by atoms with Gasteiger partial charge >= 0.3 is 12.1 Å². The molecule has 1 rings (SSSR count). The average molecular weight is 271 g/mol. The lowest BCUT2D eigenvalue weighted by Crippen LogP contribution is -2.42. The highest BCUT2D eigenvalue weighted by Crippen LogP contribution is 2.10. The largest absolute Gasteiger partial charge is 0.480 e. The van der Waals surface area contributed by atoms with E-state index in [0.717, 1.165) is 5.01 Å². The van der Waals surface area contributed by atoms with Crippen molar-refractivity contribution in [2.75, 3.05) is 6.61 Å². The van der Waals surface area contributed by atoms with Gasteiger partial charge in [-0.25, -0.2) is 9.59 Å². The van der Waals surface area contributed by atoms with Crippen molar-refractivity contribution in [3.05, 3.63) is 22.7 Å². The highest BCUT2D eigenvalue weighted by molar-refractivity contribution is 7.11. The first-order chi connectivity index (χ1) is 8.52. The molecule has 0 radical (unpaired) electrons. The van der Waals surface area contributed by atoms with E-state index in [1.807, 2.05) is 0 Å². The second-order valence-corrected chi connectivity index (χ2v) is 4.61. The standard InChI is InChI=1S/C10H13N3O4S/c1-3-4-17-10(16)11-7(9(14)15)5-8-13-12-6(2)18-8/h3,7H,1,4-5H2,2H3,(H,11,16)(H,14,15). The fourth-order valence-electron chi connectivity index (χ4n) is 1.11. The normalized spacial score (nSPS) is 11.6. The van der Waals surface area contributed by atoms with Gasteiger partial charge in [0.2, 0.25) is 0 Å². The molecule has 1 heterocycles. The number of nitrogens with one attached hydrogen (secondary N) is 1. The van der Waals surface area contributed by atoms with Gasteiger partial charge in [0.25, 0.3) is 0 Å². The minimum Gasteiger partial charge on any atom is -0.480 e. The van der Waals surface area contributed by atoms with E-state index >= 15 is 0 Å². The van der Waals surface area contributed by atoms with Gasteiger partial charge < -0.3 is 15.2 Å². The fraction of sp³-hybridized carbons (Fsp3) is 0.400. The lowest BCUT2D eigenvalue weighted by molar-refractivity contribution is -0.139. The van der Waals surface area contributed by atoms with Crippen molar-refractivity contribution in [1.29, 1.82) is 0 Å². The third-order valence-electron chi connectivity index (χ3n) is 1.87. The number of rotatable bonds is 6. The first kappa shape index (κ1) is 14.1. The number of amides is 1. The molecule has 0 bridgehead atoms. The molecule has 1 amide bonds. The zero-order chi connectivity index (χ0) is 13.5. The maximum absolute atomic E-state index is 11.2. The minimum absolute atomic E-state index is 0.0239. The van der Waals surface area contributed by atoms with Crippen LogP contribution in [0.4, 0.5) is 4.79 Å². The van der Waals surface area contributed by atoms with Crippen LogP contribution in [0.3, 0.4) is 0 Å². The summed E-state index contributed by atoms with van der Waals surface area (Å²) in [5.74, 6) is -1.15. The Balaban J connectivity index is 2.57. The number of nitrogens with zero attached hydrogens (tertiary/aromatic N) is 2. The quantitative estimate of drug-likeness (QED) is 0.740. The Labute approximate surface area is 107 Å². The van der Waals surface area contributed by atoms with E-state index in [1.165, 1.54) is 17.4 Å². The van der Waals surface area contributed by atoms with Crippen LogP contribution in [0.25, 0.3) is 0 Å². The second-order valence-electron chi connectivity index (χ2n) is 3.34. The number of hydrogen-bond acceptors (Lipinski definition) is 6. The summed E-state index contributed by atoms with van der Waals surface area (Å²) in [6.45, 7) is 5.17. The molecule has 0 aromatic carbocycles. The number of hydrogen-bond donors (Lipinski definition) is 2. The Bertz CT molecular complexity index is 446. The molecule has 8 heteroatoms. The molecule has 0 saturated heterocycles. The van der Waals surface area contributed by atoms with Crippen LogP contribution in [0, 0.1) is 6.92 Å². The number of carbonyl (C=O) groups is 2. The van der Waals surface area contributed by atoms with E-state index in [9.17, 15) is 9.59 Å². The van der Waals surface area contributed by atoms with Crippen LogP contribution >= 0.6 is 11.3 Å². The fourth-order valence-corrected chi connectivity index (χ4v) is 1.87. The lowest BCUT2D eigenvalue weighted by Gasteiger charge is -2.12. The molecule has 0 saturated carbocycles. The third-order valence-corrected chi connectivity index (χ3v) is 2.73. The molecule has 2 N–H and O–H groups in total. The summed E-state index contributed by atoms with van der Waals surface area (Å²) in [7, 11) is 0. The van der Waals surface area contributed by atoms with E-state index < -0.39 is 18.1 Å². The average Bonchev–Trinajstić information content (AvgIpc) is 2.71. The number of aliphatic carboxylic acids is 1. The van der Waals surface area contributed by atoms with Gasteiger partial charge in [-0.05, 0) is 6.92 Å². The van der Waals surface area contributed by atoms with Crippen LogP contribution in [-0.4, -0.2) is 40.0 Å². The van der Waals surface area contributed by atoms with Gasteiger partial charge in [-0.15, -0.1) is 21.5 Å². The number of alkyl carbamates (subject to hydrolysis) is 1. The summed E-state index contributed by atoms with van der Waals surface area (Å²) >= 11 is 1.28. The van der Waals surface area contributed by atoms with Crippen LogP contribution < -0.4 is 5.32 Å². The molecule has 0 aliphatic rings. The van der Waals surface area contributed by atoms with E-state index in [4.69, 9.17) is 5.11 Å². The van der Waals surface area contributed by atoms with E-state index in [2.05, 4.69) is 26.8 Å². The van der Waals surface area contributed by atoms with Crippen LogP contribution in [0.5, 0.6) is 0 Å². The van der Waals surface area contributed by atoms with Crippen LogP contribution in [-0.2, 0) is 16.0 Å². The number of carboxylic acids is 1. The second kappa shape index (κ2) is 6.70. The minimum atomic E-state index is -1.15. The smallest absolute Gasteiger partial charge is 0.408 e. The van der Waals surface area contributed by atoms with Crippen molar-refractivity contribution in [1.82, 2.24) is 15.5 Å². The van der Waals surface area contributed by atoms with Crippen molar-refractivity contribution in [2.45, 2.75) is 19.4 Å². The zero-order valence-electron chi connectivity index (χ0n) is 9.75. The molecule has 1 aromatic heterocycles. The van der Waals surface area contributed by atoms with Gasteiger partial charge in [0, 0.05) is 6.42 Å². The van der Waals surface area contributed by atoms with Crippen molar-refractivity contribution < 1.29 is 19.4 Å². The first-order valence-corrected chi connectivity index (χ1v) is 5.90. The monoisotopic (exact) mass is 271 g/mol. The summed E-state index contributed by atoms with van der Waals surface area (Å²) in [4.78, 5) is 22.2. The first-order valence-electron chi connectivity index (χ1n) is 5.09. The summed E-state index contributed by atoms with van der Waals surface area (Å²) in [6.07, 6.45) is 0.663. The predicted octanol–water partition coefficient (Wildman–Crippen LogP) is 0.754. The lowest BCUT2D eigenvalue weighted by atomic mass is 10.2. The maximum Gasteiger partial charge on any atom is 0.408 e. The maximum atomic E-state index is 11.2. The topological polar surface area (TPSA) is 101 Å². The Hall–Kier alpha value is -1.96.